The topological polar surface area (TPSA) is 55.4 Å². The lowest BCUT2D eigenvalue weighted by molar-refractivity contribution is -0.121. The maximum absolute atomic E-state index is 12.5. The Bertz CT molecular complexity index is 574. The highest BCUT2D eigenvalue weighted by Crippen LogP contribution is 2.32. The Kier molecular flexibility index (Phi) is 9.37. The summed E-state index contributed by atoms with van der Waals surface area (Å²) < 4.78 is 5.26. The summed E-state index contributed by atoms with van der Waals surface area (Å²) in [7, 11) is 0. The Balaban J connectivity index is 1.75. The van der Waals surface area contributed by atoms with E-state index in [1.165, 1.54) is 32.1 Å². The number of esters is 1. The predicted molar refractivity (Wildman–Crippen MR) is 110 cm³/mol. The van der Waals surface area contributed by atoms with Crippen LogP contribution in [0.15, 0.2) is 24.3 Å². The first-order chi connectivity index (χ1) is 13.1. The van der Waals surface area contributed by atoms with Crippen LogP contribution in [0.4, 0.5) is 5.69 Å². The van der Waals surface area contributed by atoms with Crippen molar-refractivity contribution < 1.29 is 14.3 Å². The minimum absolute atomic E-state index is 0.110. The van der Waals surface area contributed by atoms with Crippen LogP contribution in [0.5, 0.6) is 0 Å². The van der Waals surface area contributed by atoms with Crippen LogP contribution in [0.3, 0.4) is 0 Å². The van der Waals surface area contributed by atoms with Gasteiger partial charge in [-0.25, -0.2) is 4.79 Å². The van der Waals surface area contributed by atoms with Crippen molar-refractivity contribution >= 4 is 17.6 Å². The van der Waals surface area contributed by atoms with Gasteiger partial charge in [-0.3, -0.25) is 4.79 Å². The van der Waals surface area contributed by atoms with Gasteiger partial charge < -0.3 is 10.1 Å². The number of carbonyl (C=O) groups is 2. The first-order valence-corrected chi connectivity index (χ1v) is 10.7. The molecule has 1 N–H and O–H groups in total. The van der Waals surface area contributed by atoms with Gasteiger partial charge in [-0.05, 0) is 62.3 Å². The third-order valence-corrected chi connectivity index (χ3v) is 5.55. The second-order valence-electron chi connectivity index (χ2n) is 7.77. The normalized spacial score (nSPS) is 19.5. The molecule has 0 heterocycles. The lowest BCUT2D eigenvalue weighted by Crippen LogP contribution is -2.27. The number of rotatable bonds is 10. The van der Waals surface area contributed by atoms with Gasteiger partial charge >= 0.3 is 5.97 Å². The average molecular weight is 374 g/mol. The molecule has 0 spiro atoms. The van der Waals surface area contributed by atoms with E-state index in [1.54, 1.807) is 24.3 Å². The van der Waals surface area contributed by atoms with Crippen LogP contribution in [-0.2, 0) is 9.53 Å². The largest absolute Gasteiger partial charge is 0.462 e. The zero-order chi connectivity index (χ0) is 19.5. The first kappa shape index (κ1) is 21.5. The van der Waals surface area contributed by atoms with Crippen molar-refractivity contribution in [2.24, 2.45) is 11.8 Å². The Morgan fingerprint density at radius 3 is 2.26 bits per heavy atom. The summed E-state index contributed by atoms with van der Waals surface area (Å²) in [6, 6.07) is 7.01. The second kappa shape index (κ2) is 11.8. The van der Waals surface area contributed by atoms with Crippen molar-refractivity contribution in [3.63, 3.8) is 0 Å². The zero-order valence-electron chi connectivity index (χ0n) is 17.0. The van der Waals surface area contributed by atoms with Gasteiger partial charge in [0.2, 0.25) is 5.91 Å². The van der Waals surface area contributed by atoms with E-state index in [4.69, 9.17) is 4.74 Å². The van der Waals surface area contributed by atoms with E-state index in [0.717, 1.165) is 43.7 Å². The molecule has 1 aliphatic rings. The number of hydrogen-bond acceptors (Lipinski definition) is 3. The number of anilines is 1. The molecule has 0 aliphatic heterocycles. The molecule has 0 saturated heterocycles. The fraction of sp³-hybridized carbons (Fsp3) is 0.652. The van der Waals surface area contributed by atoms with Gasteiger partial charge in [0.25, 0.3) is 0 Å². The molecule has 4 nitrogen and oxygen atoms in total. The van der Waals surface area contributed by atoms with Crippen molar-refractivity contribution in [3.8, 4) is 0 Å². The molecule has 27 heavy (non-hydrogen) atoms. The summed E-state index contributed by atoms with van der Waals surface area (Å²) in [6.07, 6.45) is 11.2. The minimum atomic E-state index is -0.297. The smallest absolute Gasteiger partial charge is 0.338 e. The molecule has 1 amide bonds. The van der Waals surface area contributed by atoms with E-state index in [0.29, 0.717) is 12.2 Å². The van der Waals surface area contributed by atoms with Crippen molar-refractivity contribution in [1.29, 1.82) is 0 Å². The van der Waals surface area contributed by atoms with Gasteiger partial charge in [0.05, 0.1) is 12.2 Å². The molecular formula is C23H35NO3. The number of benzene rings is 1. The van der Waals surface area contributed by atoms with Gasteiger partial charge in [-0.15, -0.1) is 0 Å². The van der Waals surface area contributed by atoms with Crippen LogP contribution in [-0.4, -0.2) is 18.5 Å². The van der Waals surface area contributed by atoms with Crippen LogP contribution < -0.4 is 5.32 Å². The second-order valence-corrected chi connectivity index (χ2v) is 7.77. The van der Waals surface area contributed by atoms with E-state index in [2.05, 4.69) is 19.2 Å². The molecule has 2 rings (SSSR count). The van der Waals surface area contributed by atoms with Gasteiger partial charge in [-0.1, -0.05) is 46.0 Å². The van der Waals surface area contributed by atoms with Crippen LogP contribution >= 0.6 is 0 Å². The molecule has 1 aromatic rings. The number of nitrogens with one attached hydrogen (secondary N) is 1. The maximum Gasteiger partial charge on any atom is 0.338 e. The minimum Gasteiger partial charge on any atom is -0.462 e. The molecule has 150 valence electrons. The highest BCUT2D eigenvalue weighted by atomic mass is 16.5. The fourth-order valence-electron chi connectivity index (χ4n) is 3.74. The van der Waals surface area contributed by atoms with Crippen molar-refractivity contribution in [2.75, 3.05) is 11.9 Å². The number of unbranched alkanes of at least 4 members (excludes halogenated alkanes) is 3. The van der Waals surface area contributed by atoms with Crippen LogP contribution in [0, 0.1) is 11.8 Å². The monoisotopic (exact) mass is 373 g/mol. The Hall–Kier alpha value is -1.84. The molecule has 4 heteroatoms. The van der Waals surface area contributed by atoms with Crippen molar-refractivity contribution in [3.05, 3.63) is 29.8 Å². The summed E-state index contributed by atoms with van der Waals surface area (Å²) in [5.41, 5.74) is 1.27. The predicted octanol–water partition coefficient (Wildman–Crippen LogP) is 5.97. The van der Waals surface area contributed by atoms with E-state index >= 15 is 0 Å². The SMILES string of the molecule is CCCCCOC(=O)c1ccc(NC(=O)C2CCC(CCCC)CC2)cc1. The lowest BCUT2D eigenvalue weighted by atomic mass is 9.79. The Labute approximate surface area is 164 Å². The fourth-order valence-corrected chi connectivity index (χ4v) is 3.74. The molecule has 0 bridgehead atoms. The summed E-state index contributed by atoms with van der Waals surface area (Å²) >= 11 is 0. The average Bonchev–Trinajstić information content (AvgIpc) is 2.70. The Morgan fingerprint density at radius 1 is 0.963 bits per heavy atom. The molecule has 0 radical (unpaired) electrons. The third-order valence-electron chi connectivity index (χ3n) is 5.55. The highest BCUT2D eigenvalue weighted by Gasteiger charge is 2.26. The Morgan fingerprint density at radius 2 is 1.63 bits per heavy atom. The highest BCUT2D eigenvalue weighted by molar-refractivity contribution is 5.94. The van der Waals surface area contributed by atoms with Crippen molar-refractivity contribution in [2.45, 2.75) is 78.1 Å². The molecule has 1 fully saturated rings. The molecule has 1 saturated carbocycles. The summed E-state index contributed by atoms with van der Waals surface area (Å²) in [4.78, 5) is 24.5. The molecule has 0 atom stereocenters. The van der Waals surface area contributed by atoms with E-state index in [1.807, 2.05) is 0 Å². The van der Waals surface area contributed by atoms with Crippen LogP contribution in [0.1, 0.15) is 88.4 Å². The quantitative estimate of drug-likeness (QED) is 0.406. The van der Waals surface area contributed by atoms with Gasteiger partial charge in [-0.2, -0.15) is 0 Å². The molecular weight excluding hydrogens is 338 g/mol. The van der Waals surface area contributed by atoms with Gasteiger partial charge in [0, 0.05) is 11.6 Å². The van der Waals surface area contributed by atoms with Gasteiger partial charge in [0.1, 0.15) is 0 Å². The summed E-state index contributed by atoms with van der Waals surface area (Å²) in [5, 5.41) is 3.00. The molecule has 0 aromatic heterocycles. The number of amides is 1. The molecule has 0 unspecified atom stereocenters. The zero-order valence-corrected chi connectivity index (χ0v) is 17.0. The van der Waals surface area contributed by atoms with E-state index in [-0.39, 0.29) is 17.8 Å². The lowest BCUT2D eigenvalue weighted by Gasteiger charge is -2.27. The third kappa shape index (κ3) is 7.36. The summed E-state index contributed by atoms with van der Waals surface area (Å²) in [5.74, 6) is 0.732. The van der Waals surface area contributed by atoms with Gasteiger partial charge in [0.15, 0.2) is 0 Å². The molecule has 1 aromatic carbocycles. The van der Waals surface area contributed by atoms with Crippen LogP contribution in [0.2, 0.25) is 0 Å². The number of carbonyl (C=O) groups excluding carboxylic acids is 2. The maximum atomic E-state index is 12.5. The summed E-state index contributed by atoms with van der Waals surface area (Å²) in [6.45, 7) is 4.82. The first-order valence-electron chi connectivity index (χ1n) is 10.7. The number of ether oxygens (including phenoxy) is 1. The van der Waals surface area contributed by atoms with E-state index < -0.39 is 0 Å². The molecule has 1 aliphatic carbocycles. The number of hydrogen-bond donors (Lipinski definition) is 1. The standard InChI is InChI=1S/C23H35NO3/c1-3-5-7-17-27-23(26)20-13-15-21(16-14-20)24-22(25)19-11-9-18(10-12-19)8-6-4-2/h13-16,18-19H,3-12,17H2,1-2H3,(H,24,25). The van der Waals surface area contributed by atoms with E-state index in [9.17, 15) is 9.59 Å². The van der Waals surface area contributed by atoms with Crippen molar-refractivity contribution in [1.82, 2.24) is 0 Å². The van der Waals surface area contributed by atoms with Crippen LogP contribution in [0.25, 0.3) is 0 Å².